The molecule has 3 aromatic carbocycles. The van der Waals surface area contributed by atoms with Gasteiger partial charge in [-0.1, -0.05) is 60.7 Å². The standard InChI is InChI=1S/C47H56FN5O6/c1-31-28-51(35-26-37(27-35)58-36-20-22-50(23-21-36)46(55)59-47(3,4)5)24-25-52(31)39-17-16-38-42(43(39)48)32(2)53(45(38)54)40-18-19-41(56-29-33-12-8-6-9-13-33)49-44(40)57-30-34-14-10-7-11-15-34/h6-19,31-32,35-37H,20-30H2,1-5H3/t31-,32+,35?,37?/m1/s1. The van der Waals surface area contributed by atoms with Crippen LogP contribution in [-0.2, 0) is 22.7 Å². The number of carbonyl (C=O) groups is 2. The Hall–Kier alpha value is -5.20. The van der Waals surface area contributed by atoms with Gasteiger partial charge in [-0.25, -0.2) is 9.18 Å². The fourth-order valence-electron chi connectivity index (χ4n) is 8.79. The lowest BCUT2D eigenvalue weighted by Gasteiger charge is -2.49. The van der Waals surface area contributed by atoms with Gasteiger partial charge in [0.25, 0.3) is 5.91 Å². The molecule has 11 nitrogen and oxygen atoms in total. The maximum atomic E-state index is 16.8. The quantitative estimate of drug-likeness (QED) is 0.148. The summed E-state index contributed by atoms with van der Waals surface area (Å²) in [5.74, 6) is -0.0505. The lowest BCUT2D eigenvalue weighted by Crippen LogP contribution is -2.59. The minimum absolute atomic E-state index is 0.0718. The van der Waals surface area contributed by atoms with E-state index in [9.17, 15) is 9.59 Å². The smallest absolute Gasteiger partial charge is 0.410 e. The zero-order valence-corrected chi connectivity index (χ0v) is 34.8. The van der Waals surface area contributed by atoms with Gasteiger partial charge in [-0.2, -0.15) is 4.98 Å². The molecule has 3 aliphatic heterocycles. The predicted octanol–water partition coefficient (Wildman–Crippen LogP) is 8.56. The molecule has 2 atom stereocenters. The van der Waals surface area contributed by atoms with Crippen molar-refractivity contribution in [3.05, 3.63) is 113 Å². The summed E-state index contributed by atoms with van der Waals surface area (Å²) in [7, 11) is 0. The van der Waals surface area contributed by atoms with Gasteiger partial charge >= 0.3 is 6.09 Å². The number of piperazine rings is 1. The number of amides is 2. The van der Waals surface area contributed by atoms with Crippen LogP contribution in [0.1, 0.15) is 93.4 Å². The second kappa shape index (κ2) is 17.2. The highest BCUT2D eigenvalue weighted by Crippen LogP contribution is 2.45. The van der Waals surface area contributed by atoms with E-state index < -0.39 is 11.6 Å². The van der Waals surface area contributed by atoms with Crippen molar-refractivity contribution in [1.82, 2.24) is 14.8 Å². The fourth-order valence-corrected chi connectivity index (χ4v) is 8.79. The van der Waals surface area contributed by atoms with Crippen LogP contribution < -0.4 is 19.3 Å². The molecule has 4 aromatic rings. The second-order valence-electron chi connectivity index (χ2n) is 17.3. The van der Waals surface area contributed by atoms with Crippen LogP contribution in [0.2, 0.25) is 0 Å². The van der Waals surface area contributed by atoms with Crippen LogP contribution in [0.4, 0.5) is 20.6 Å². The number of hydrogen-bond acceptors (Lipinski definition) is 9. The van der Waals surface area contributed by atoms with Crippen molar-refractivity contribution in [2.75, 3.05) is 42.5 Å². The molecule has 8 rings (SSSR count). The van der Waals surface area contributed by atoms with Crippen LogP contribution in [0, 0.1) is 5.82 Å². The van der Waals surface area contributed by atoms with Gasteiger partial charge in [0, 0.05) is 62.0 Å². The molecule has 2 amide bonds. The molecule has 312 valence electrons. The van der Waals surface area contributed by atoms with Crippen molar-refractivity contribution in [1.29, 1.82) is 0 Å². The molecule has 3 fully saturated rings. The van der Waals surface area contributed by atoms with Gasteiger partial charge in [0.05, 0.1) is 23.9 Å². The molecule has 0 spiro atoms. The number of halogens is 1. The fraction of sp³-hybridized carbons (Fsp3) is 0.468. The third-order valence-corrected chi connectivity index (χ3v) is 12.0. The first-order chi connectivity index (χ1) is 28.4. The molecular formula is C47H56FN5O6. The monoisotopic (exact) mass is 805 g/mol. The van der Waals surface area contributed by atoms with Crippen molar-refractivity contribution in [3.63, 3.8) is 0 Å². The van der Waals surface area contributed by atoms with E-state index in [-0.39, 0.29) is 48.6 Å². The van der Waals surface area contributed by atoms with Gasteiger partial charge in [0.2, 0.25) is 11.8 Å². The highest BCUT2D eigenvalue weighted by atomic mass is 19.1. The van der Waals surface area contributed by atoms with Crippen LogP contribution >= 0.6 is 0 Å². The summed E-state index contributed by atoms with van der Waals surface area (Å²) in [6, 6.07) is 26.5. The third-order valence-electron chi connectivity index (χ3n) is 12.0. The molecule has 4 heterocycles. The Kier molecular flexibility index (Phi) is 11.8. The molecule has 0 N–H and O–H groups in total. The van der Waals surface area contributed by atoms with E-state index in [0.29, 0.717) is 60.7 Å². The Labute approximate surface area is 347 Å². The van der Waals surface area contributed by atoms with Crippen LogP contribution in [0.25, 0.3) is 0 Å². The number of benzene rings is 3. The highest BCUT2D eigenvalue weighted by molar-refractivity contribution is 6.12. The van der Waals surface area contributed by atoms with Gasteiger partial charge in [-0.05, 0) is 89.6 Å². The zero-order valence-electron chi connectivity index (χ0n) is 34.8. The Bertz CT molecular complexity index is 2100. The summed E-state index contributed by atoms with van der Waals surface area (Å²) >= 11 is 0. The number of ether oxygens (including phenoxy) is 4. The number of pyridine rings is 1. The van der Waals surface area contributed by atoms with E-state index in [1.54, 1.807) is 34.1 Å². The number of fused-ring (bicyclic) bond motifs is 1. The molecule has 59 heavy (non-hydrogen) atoms. The van der Waals surface area contributed by atoms with Crippen LogP contribution in [0.15, 0.2) is 84.9 Å². The van der Waals surface area contributed by atoms with Crippen molar-refractivity contribution in [3.8, 4) is 11.8 Å². The maximum absolute atomic E-state index is 16.8. The third kappa shape index (κ3) is 9.04. The first kappa shape index (κ1) is 40.6. The molecule has 0 radical (unpaired) electrons. The summed E-state index contributed by atoms with van der Waals surface area (Å²) in [6.45, 7) is 13.9. The molecule has 1 aromatic heterocycles. The lowest BCUT2D eigenvalue weighted by molar-refractivity contribution is -0.104. The van der Waals surface area contributed by atoms with Crippen molar-refractivity contribution in [2.45, 2.75) is 109 Å². The van der Waals surface area contributed by atoms with Crippen molar-refractivity contribution >= 4 is 23.4 Å². The van der Waals surface area contributed by atoms with Crippen molar-refractivity contribution < 1.29 is 32.9 Å². The summed E-state index contributed by atoms with van der Waals surface area (Å²) in [6.07, 6.45) is 3.73. The summed E-state index contributed by atoms with van der Waals surface area (Å²) in [4.78, 5) is 39.3. The van der Waals surface area contributed by atoms with Gasteiger partial charge in [0.1, 0.15) is 24.5 Å². The van der Waals surface area contributed by atoms with Crippen LogP contribution in [0.5, 0.6) is 11.8 Å². The Morgan fingerprint density at radius 2 is 1.44 bits per heavy atom. The molecule has 0 unspecified atom stereocenters. The Balaban J connectivity index is 0.898. The second-order valence-corrected chi connectivity index (χ2v) is 17.3. The van der Waals surface area contributed by atoms with Crippen molar-refractivity contribution in [2.24, 2.45) is 0 Å². The van der Waals surface area contributed by atoms with E-state index in [0.717, 1.165) is 49.9 Å². The number of anilines is 2. The maximum Gasteiger partial charge on any atom is 0.410 e. The summed E-state index contributed by atoms with van der Waals surface area (Å²) in [5.41, 5.74) is 3.16. The number of piperidine rings is 1. The molecule has 1 aliphatic carbocycles. The molecule has 4 aliphatic rings. The van der Waals surface area contributed by atoms with E-state index in [1.807, 2.05) is 88.4 Å². The van der Waals surface area contributed by atoms with Gasteiger partial charge in [0.15, 0.2) is 5.82 Å². The van der Waals surface area contributed by atoms with E-state index in [2.05, 4.69) is 16.7 Å². The topological polar surface area (TPSA) is 96.9 Å². The number of nitrogens with zero attached hydrogens (tertiary/aromatic N) is 5. The summed E-state index contributed by atoms with van der Waals surface area (Å²) in [5, 5.41) is 0. The minimum Gasteiger partial charge on any atom is -0.473 e. The first-order valence-electron chi connectivity index (χ1n) is 21.1. The zero-order chi connectivity index (χ0) is 41.3. The van der Waals surface area contributed by atoms with Gasteiger partial charge < -0.3 is 28.7 Å². The Morgan fingerprint density at radius 1 is 0.797 bits per heavy atom. The van der Waals surface area contributed by atoms with Crippen LogP contribution in [0.3, 0.4) is 0 Å². The number of aromatic nitrogens is 1. The molecule has 2 saturated heterocycles. The Morgan fingerprint density at radius 3 is 2.08 bits per heavy atom. The highest BCUT2D eigenvalue weighted by Gasteiger charge is 2.43. The lowest BCUT2D eigenvalue weighted by atomic mass is 9.86. The summed E-state index contributed by atoms with van der Waals surface area (Å²) < 4.78 is 41.2. The normalized spacial score (nSPS) is 22.5. The molecular weight excluding hydrogens is 750 g/mol. The number of carbonyl (C=O) groups excluding carboxylic acids is 2. The number of hydrogen-bond donors (Lipinski definition) is 0. The average molecular weight is 806 g/mol. The molecule has 0 bridgehead atoms. The van der Waals surface area contributed by atoms with Gasteiger partial charge in [-0.3, -0.25) is 14.6 Å². The molecule has 1 saturated carbocycles. The minimum atomic E-state index is -0.595. The molecule has 12 heteroatoms. The van der Waals surface area contributed by atoms with E-state index in [1.165, 1.54) is 0 Å². The predicted molar refractivity (Wildman–Crippen MR) is 225 cm³/mol. The first-order valence-corrected chi connectivity index (χ1v) is 21.1. The average Bonchev–Trinajstić information content (AvgIpc) is 3.47. The SMILES string of the molecule is C[C@@H]1CN(C2CC(OC3CCN(C(=O)OC(C)(C)C)CC3)C2)CCN1c1ccc2c(c1F)[C@H](C)N(c1ccc(OCc3ccccc3)nc1OCc1ccccc1)C2=O. The van der Waals surface area contributed by atoms with Crippen LogP contribution in [-0.4, -0.2) is 89.4 Å². The largest absolute Gasteiger partial charge is 0.473 e. The van der Waals surface area contributed by atoms with E-state index >= 15 is 4.39 Å². The van der Waals surface area contributed by atoms with E-state index in [4.69, 9.17) is 23.9 Å². The number of rotatable bonds is 11. The number of likely N-dealkylation sites (tertiary alicyclic amines) is 1. The van der Waals surface area contributed by atoms with Gasteiger partial charge in [-0.15, -0.1) is 0 Å².